The van der Waals surface area contributed by atoms with Crippen molar-refractivity contribution < 1.29 is 4.79 Å². The molecule has 0 bridgehead atoms. The maximum absolute atomic E-state index is 11.7. The van der Waals surface area contributed by atoms with E-state index in [0.29, 0.717) is 0 Å². The van der Waals surface area contributed by atoms with Crippen LogP contribution in [0.1, 0.15) is 17.3 Å². The molecule has 0 fully saturated rings. The van der Waals surface area contributed by atoms with E-state index < -0.39 is 17.6 Å². The van der Waals surface area contributed by atoms with Crippen molar-refractivity contribution >= 4 is 59.5 Å². The molecule has 0 unspecified atom stereocenters. The first-order valence-electron chi connectivity index (χ1n) is 5.41. The van der Waals surface area contributed by atoms with Gasteiger partial charge in [0.15, 0.2) is 0 Å². The van der Waals surface area contributed by atoms with Crippen LogP contribution in [-0.2, 0) is 0 Å². The number of hydrogen-bond donors (Lipinski definition) is 0. The quantitative estimate of drug-likeness (QED) is 0.317. The molecule has 0 aliphatic heterocycles. The molecule has 0 N–H and O–H groups in total. The van der Waals surface area contributed by atoms with Crippen molar-refractivity contribution in [3.8, 4) is 0 Å². The average Bonchev–Trinajstić information content (AvgIpc) is 2.39. The Morgan fingerprint density at radius 2 is 1.72 bits per heavy atom. The summed E-state index contributed by atoms with van der Waals surface area (Å²) >= 11 is 6.42. The van der Waals surface area contributed by atoms with Crippen molar-refractivity contribution in [3.05, 3.63) is 59.1 Å². The Morgan fingerprint density at radius 1 is 1.11 bits per heavy atom. The number of halogens is 2. The monoisotopic (exact) mass is 566 g/mol. The number of ketones is 1. The second-order valence-electron chi connectivity index (χ2n) is 3.83. The molecule has 0 atom stereocenters. The van der Waals surface area contributed by atoms with Gasteiger partial charge in [-0.05, 0) is 0 Å². The van der Waals surface area contributed by atoms with Crippen LogP contribution in [0.2, 0.25) is 5.02 Å². The number of hydrogen-bond acceptors (Lipinski definition) is 1. The van der Waals surface area contributed by atoms with Gasteiger partial charge in [0.2, 0.25) is 0 Å². The van der Waals surface area contributed by atoms with E-state index in [2.05, 4.69) is 36.2 Å². The summed E-state index contributed by atoms with van der Waals surface area (Å²) in [6, 6.07) is 16.0. The van der Waals surface area contributed by atoms with Crippen LogP contribution in [0.5, 0.6) is 0 Å². The second kappa shape index (κ2) is 6.45. The summed E-state index contributed by atoms with van der Waals surface area (Å²) in [6.45, 7) is 1.63. The summed E-state index contributed by atoms with van der Waals surface area (Å²) in [5.74, 6) is 0.149. The molecule has 2 aromatic rings. The topological polar surface area (TPSA) is 17.1 Å². The van der Waals surface area contributed by atoms with Gasteiger partial charge in [-0.15, -0.1) is 0 Å². The Hall–Kier alpha value is 0.0131. The van der Waals surface area contributed by atoms with Gasteiger partial charge in [0.05, 0.1) is 0 Å². The molecule has 0 saturated carbocycles. The Bertz CT molecular complexity index is 568. The van der Waals surface area contributed by atoms with Gasteiger partial charge in [0.1, 0.15) is 0 Å². The molecule has 18 heavy (non-hydrogen) atoms. The maximum atomic E-state index is 11.7. The molecule has 0 saturated heterocycles. The summed E-state index contributed by atoms with van der Waals surface area (Å²) in [4.78, 5) is 11.7. The first kappa shape index (κ1) is 14.4. The second-order valence-corrected chi connectivity index (χ2v) is 18.8. The number of carbonyl (C=O) groups excluding carboxylic acids is 1. The van der Waals surface area contributed by atoms with Crippen LogP contribution in [0.3, 0.4) is 0 Å². The van der Waals surface area contributed by atoms with E-state index in [1.54, 1.807) is 6.92 Å². The molecule has 4 heteroatoms. The van der Waals surface area contributed by atoms with E-state index in [1.807, 2.05) is 30.3 Å². The van der Waals surface area contributed by atoms with Gasteiger partial charge in [-0.2, -0.15) is 0 Å². The van der Waals surface area contributed by atoms with E-state index in [1.165, 1.54) is 6.54 Å². The molecule has 0 heterocycles. The van der Waals surface area contributed by atoms with Gasteiger partial charge in [-0.3, -0.25) is 0 Å². The molecule has 0 aliphatic carbocycles. The number of carbonyl (C=O) groups is 1. The summed E-state index contributed by atoms with van der Waals surface area (Å²) in [5, 5.41) is 0.757. The third kappa shape index (κ3) is 3.31. The van der Waals surface area contributed by atoms with E-state index in [-0.39, 0.29) is 5.78 Å². The van der Waals surface area contributed by atoms with E-state index in [0.717, 1.165) is 10.6 Å². The van der Waals surface area contributed by atoms with Crippen molar-refractivity contribution in [3.63, 3.8) is 0 Å². The van der Waals surface area contributed by atoms with Crippen molar-refractivity contribution in [1.29, 1.82) is 0 Å². The predicted molar refractivity (Wildman–Crippen MR) is 86.9 cm³/mol. The van der Waals surface area contributed by atoms with Crippen LogP contribution < -0.4 is 6.54 Å². The molecule has 92 valence electrons. The van der Waals surface area contributed by atoms with Gasteiger partial charge >= 0.3 is 130 Å². The molecule has 0 radical (unpaired) electrons. The Labute approximate surface area is 129 Å². The molecule has 2 aromatic carbocycles. The SMILES string of the molecule is CC(=O)c1cccc[c]1[Bi]([I])[c]1ccc(Cl)cc1. The van der Waals surface area contributed by atoms with Crippen LogP contribution in [0.25, 0.3) is 0 Å². The number of Topliss-reactive ketones (excluding diaryl/α,β-unsaturated/α-hetero) is 1. The predicted octanol–water partition coefficient (Wildman–Crippen LogP) is 3.08. The fraction of sp³-hybridized carbons (Fsp3) is 0.0714. The van der Waals surface area contributed by atoms with Crippen molar-refractivity contribution in [2.45, 2.75) is 6.92 Å². The molecule has 0 spiro atoms. The summed E-state index contributed by atoms with van der Waals surface area (Å²) < 4.78 is 2.60. The number of benzene rings is 2. The normalized spacial score (nSPS) is 10.7. The zero-order valence-corrected chi connectivity index (χ0v) is 16.1. The van der Waals surface area contributed by atoms with Gasteiger partial charge in [-0.25, -0.2) is 0 Å². The van der Waals surface area contributed by atoms with Crippen LogP contribution in [0.4, 0.5) is 0 Å². The summed E-state index contributed by atoms with van der Waals surface area (Å²) in [5.41, 5.74) is 0.875. The van der Waals surface area contributed by atoms with E-state index in [9.17, 15) is 4.79 Å². The average molecular weight is 567 g/mol. The first-order chi connectivity index (χ1) is 8.59. The van der Waals surface area contributed by atoms with Crippen LogP contribution in [-0.4, -0.2) is 23.3 Å². The minimum atomic E-state index is -2.04. The molecular formula is C14H11BiClIO. The molecular weight excluding hydrogens is 555 g/mol. The molecule has 0 aromatic heterocycles. The number of rotatable bonds is 3. The van der Waals surface area contributed by atoms with Gasteiger partial charge in [0.25, 0.3) is 0 Å². The third-order valence-corrected chi connectivity index (χ3v) is 18.3. The van der Waals surface area contributed by atoms with Crippen molar-refractivity contribution in [2.24, 2.45) is 0 Å². The molecule has 2 rings (SSSR count). The van der Waals surface area contributed by atoms with Crippen molar-refractivity contribution in [2.75, 3.05) is 0 Å². The van der Waals surface area contributed by atoms with Crippen LogP contribution in [0, 0.1) is 0 Å². The zero-order valence-electron chi connectivity index (χ0n) is 9.73. The molecule has 0 aliphatic rings. The Kier molecular flexibility index (Phi) is 5.17. The minimum absolute atomic E-state index is 0.149. The fourth-order valence-corrected chi connectivity index (χ4v) is 13.5. The van der Waals surface area contributed by atoms with Gasteiger partial charge < -0.3 is 0 Å². The van der Waals surface area contributed by atoms with Crippen molar-refractivity contribution in [1.82, 2.24) is 0 Å². The standard InChI is InChI=1S/C8H7O.C6H4Cl.Bi.HI/c1-7(9)8-5-3-2-4-6-8;7-6-4-2-1-3-5-6;;/h2-5H,1H3;2-5H;;1H/q;;+1;/p-1. The zero-order chi connectivity index (χ0) is 13.1. The third-order valence-electron chi connectivity index (χ3n) is 2.55. The Balaban J connectivity index is 2.42. The van der Waals surface area contributed by atoms with Gasteiger partial charge in [-0.1, -0.05) is 0 Å². The summed E-state index contributed by atoms with van der Waals surface area (Å²) in [6.07, 6.45) is 0. The van der Waals surface area contributed by atoms with Crippen LogP contribution >= 0.6 is 29.6 Å². The van der Waals surface area contributed by atoms with E-state index >= 15 is 0 Å². The van der Waals surface area contributed by atoms with Crippen LogP contribution in [0.15, 0.2) is 48.5 Å². The molecule has 0 amide bonds. The fourth-order valence-electron chi connectivity index (χ4n) is 1.65. The van der Waals surface area contributed by atoms with Gasteiger partial charge in [0, 0.05) is 0 Å². The first-order valence-corrected chi connectivity index (χ1v) is 19.0. The van der Waals surface area contributed by atoms with E-state index in [4.69, 9.17) is 11.6 Å². The summed E-state index contributed by atoms with van der Waals surface area (Å²) in [7, 11) is 0. The Morgan fingerprint density at radius 3 is 2.33 bits per heavy atom. The molecule has 1 nitrogen and oxygen atoms in total.